The first kappa shape index (κ1) is 13.5. The summed E-state index contributed by atoms with van der Waals surface area (Å²) in [6.45, 7) is 1.96. The summed E-state index contributed by atoms with van der Waals surface area (Å²) in [6.07, 6.45) is 0. The van der Waals surface area contributed by atoms with Crippen LogP contribution in [0.15, 0.2) is 28.7 Å². The molecule has 0 amide bonds. The van der Waals surface area contributed by atoms with Crippen molar-refractivity contribution >= 4 is 54.8 Å². The van der Waals surface area contributed by atoms with Gasteiger partial charge in [-0.15, -0.1) is 11.3 Å². The number of hydrogen-bond acceptors (Lipinski definition) is 1. The Morgan fingerprint density at radius 3 is 2.53 bits per heavy atom. The molecule has 1 aromatic heterocycles. The average molecular weight is 399 g/mol. The minimum absolute atomic E-state index is 0.0364. The Kier molecular flexibility index (Phi) is 4.29. The first-order valence-electron chi connectivity index (χ1n) is 4.83. The van der Waals surface area contributed by atoms with Crippen LogP contribution in [-0.4, -0.2) is 0 Å². The first-order valence-corrected chi connectivity index (χ1v) is 7.73. The van der Waals surface area contributed by atoms with E-state index >= 15 is 0 Å². The zero-order valence-corrected chi connectivity index (χ0v) is 13.6. The van der Waals surface area contributed by atoms with E-state index < -0.39 is 0 Å². The summed E-state index contributed by atoms with van der Waals surface area (Å²) >= 11 is 14.4. The molecule has 1 aromatic carbocycles. The average Bonchev–Trinajstić information content (AvgIpc) is 2.57. The van der Waals surface area contributed by atoms with Gasteiger partial charge in [-0.25, -0.2) is 4.39 Å². The van der Waals surface area contributed by atoms with Gasteiger partial charge in [0, 0.05) is 9.35 Å². The highest BCUT2D eigenvalue weighted by atomic mass is 79.9. The molecule has 1 unspecified atom stereocenters. The number of thiophene rings is 1. The topological polar surface area (TPSA) is 0 Å². The van der Waals surface area contributed by atoms with Gasteiger partial charge in [-0.2, -0.15) is 0 Å². The molecule has 0 aliphatic carbocycles. The third kappa shape index (κ3) is 3.11. The van der Waals surface area contributed by atoms with Crippen LogP contribution in [0.5, 0.6) is 0 Å². The smallest absolute Gasteiger partial charge is 0.124 e. The number of alkyl halides is 1. The van der Waals surface area contributed by atoms with E-state index in [1.165, 1.54) is 23.5 Å². The molecule has 2 aromatic rings. The number of hydrogen-bond donors (Lipinski definition) is 0. The summed E-state index contributed by atoms with van der Waals surface area (Å²) < 4.78 is 14.8. The van der Waals surface area contributed by atoms with E-state index in [9.17, 15) is 4.39 Å². The molecule has 0 aliphatic rings. The summed E-state index contributed by atoms with van der Waals surface area (Å²) in [5.74, 6) is -0.252. The van der Waals surface area contributed by atoms with Gasteiger partial charge in [-0.1, -0.05) is 43.5 Å². The normalized spacial score (nSPS) is 12.8. The maximum Gasteiger partial charge on any atom is 0.124 e. The molecule has 2 rings (SSSR count). The predicted octanol–water partition coefficient (Wildman–Crippen LogP) is 6.10. The monoisotopic (exact) mass is 396 g/mol. The lowest BCUT2D eigenvalue weighted by Crippen LogP contribution is -1.91. The van der Waals surface area contributed by atoms with Crippen molar-refractivity contribution < 1.29 is 4.39 Å². The Labute approximate surface area is 125 Å². The molecule has 0 fully saturated rings. The second-order valence-electron chi connectivity index (χ2n) is 3.67. The van der Waals surface area contributed by atoms with Gasteiger partial charge in [0.25, 0.3) is 0 Å². The van der Waals surface area contributed by atoms with Crippen LogP contribution in [0.2, 0.25) is 4.34 Å². The quantitative estimate of drug-likeness (QED) is 0.537. The fourth-order valence-electron chi connectivity index (χ4n) is 1.49. The van der Waals surface area contributed by atoms with Crippen LogP contribution in [-0.2, 0) is 0 Å². The Morgan fingerprint density at radius 1 is 1.29 bits per heavy atom. The number of aryl methyl sites for hydroxylation is 1. The van der Waals surface area contributed by atoms with Gasteiger partial charge >= 0.3 is 0 Å². The molecule has 17 heavy (non-hydrogen) atoms. The summed E-state index contributed by atoms with van der Waals surface area (Å²) in [5, 5.41) is 0. The summed E-state index contributed by atoms with van der Waals surface area (Å²) in [5.41, 5.74) is 1.92. The van der Waals surface area contributed by atoms with Crippen LogP contribution in [0.1, 0.15) is 20.8 Å². The second kappa shape index (κ2) is 5.39. The van der Waals surface area contributed by atoms with E-state index in [0.717, 1.165) is 24.8 Å². The Bertz CT molecular complexity index is 514. The van der Waals surface area contributed by atoms with Crippen molar-refractivity contribution in [2.75, 3.05) is 0 Å². The van der Waals surface area contributed by atoms with Crippen molar-refractivity contribution in [3.05, 3.63) is 54.9 Å². The lowest BCUT2D eigenvalue weighted by atomic mass is 10.1. The Hall–Kier alpha value is 0.1000. The van der Waals surface area contributed by atoms with E-state index in [1.807, 2.05) is 19.1 Å². The molecule has 0 N–H and O–H groups in total. The molecule has 5 heteroatoms. The largest absolute Gasteiger partial charge is 0.207 e. The van der Waals surface area contributed by atoms with Crippen LogP contribution >= 0.6 is 54.8 Å². The van der Waals surface area contributed by atoms with Crippen molar-refractivity contribution in [2.45, 2.75) is 11.8 Å². The van der Waals surface area contributed by atoms with Crippen LogP contribution in [0.4, 0.5) is 4.39 Å². The summed E-state index contributed by atoms with van der Waals surface area (Å²) in [4.78, 5) is 1.04. The fraction of sp³-hybridized carbons (Fsp3) is 0.167. The number of rotatable bonds is 2. The molecule has 0 saturated heterocycles. The van der Waals surface area contributed by atoms with Gasteiger partial charge in [0.05, 0.1) is 9.16 Å². The molecule has 90 valence electrons. The third-order valence-electron chi connectivity index (χ3n) is 2.30. The molecule has 0 radical (unpaired) electrons. The molecule has 1 atom stereocenters. The predicted molar refractivity (Wildman–Crippen MR) is 78.9 cm³/mol. The van der Waals surface area contributed by atoms with Gasteiger partial charge in [0.1, 0.15) is 5.82 Å². The lowest BCUT2D eigenvalue weighted by Gasteiger charge is -2.08. The van der Waals surface area contributed by atoms with E-state index in [1.54, 1.807) is 0 Å². The highest BCUT2D eigenvalue weighted by molar-refractivity contribution is 9.10. The number of benzene rings is 1. The standard InChI is InChI=1S/C12H8Br2ClFS/c1-6-2-10(17-12(6)15)11(14)7-3-8(13)5-9(16)4-7/h2-5,11H,1H3. The fourth-order valence-corrected chi connectivity index (χ4v) is 3.88. The third-order valence-corrected chi connectivity index (χ3v) is 5.71. The zero-order valence-electron chi connectivity index (χ0n) is 8.81. The Morgan fingerprint density at radius 2 is 2.00 bits per heavy atom. The first-order chi connectivity index (χ1) is 7.97. The Balaban J connectivity index is 2.39. The molecule has 0 saturated carbocycles. The van der Waals surface area contributed by atoms with E-state index in [-0.39, 0.29) is 10.6 Å². The van der Waals surface area contributed by atoms with Crippen LogP contribution < -0.4 is 0 Å². The van der Waals surface area contributed by atoms with Gasteiger partial charge in [-0.05, 0) is 42.3 Å². The summed E-state index contributed by atoms with van der Waals surface area (Å²) in [7, 11) is 0. The van der Waals surface area contributed by atoms with Gasteiger partial charge in [0.2, 0.25) is 0 Å². The van der Waals surface area contributed by atoms with Crippen LogP contribution in [0.3, 0.4) is 0 Å². The van der Waals surface area contributed by atoms with E-state index in [2.05, 4.69) is 31.9 Å². The van der Waals surface area contributed by atoms with Crippen LogP contribution in [0, 0.1) is 12.7 Å². The van der Waals surface area contributed by atoms with E-state index in [0.29, 0.717) is 0 Å². The van der Waals surface area contributed by atoms with E-state index in [4.69, 9.17) is 11.6 Å². The van der Waals surface area contributed by atoms with Crippen molar-refractivity contribution in [3.8, 4) is 0 Å². The molecule has 1 heterocycles. The molecule has 0 nitrogen and oxygen atoms in total. The summed E-state index contributed by atoms with van der Waals surface area (Å²) in [6, 6.07) is 6.87. The molecular weight excluding hydrogens is 390 g/mol. The van der Waals surface area contributed by atoms with Crippen molar-refractivity contribution in [2.24, 2.45) is 0 Å². The minimum atomic E-state index is -0.252. The zero-order chi connectivity index (χ0) is 12.6. The van der Waals surface area contributed by atoms with Gasteiger partial charge in [0.15, 0.2) is 0 Å². The lowest BCUT2D eigenvalue weighted by molar-refractivity contribution is 0.625. The van der Waals surface area contributed by atoms with Crippen molar-refractivity contribution in [1.29, 1.82) is 0 Å². The number of halogens is 4. The van der Waals surface area contributed by atoms with Crippen molar-refractivity contribution in [3.63, 3.8) is 0 Å². The van der Waals surface area contributed by atoms with Crippen LogP contribution in [0.25, 0.3) is 0 Å². The SMILES string of the molecule is Cc1cc(C(Br)c2cc(F)cc(Br)c2)sc1Cl. The van der Waals surface area contributed by atoms with Crippen molar-refractivity contribution in [1.82, 2.24) is 0 Å². The highest BCUT2D eigenvalue weighted by Gasteiger charge is 2.15. The molecule has 0 aliphatic heterocycles. The second-order valence-corrected chi connectivity index (χ2v) is 7.19. The molecule has 0 bridgehead atoms. The maximum absolute atomic E-state index is 13.3. The molecular formula is C12H8Br2ClFS. The van der Waals surface area contributed by atoms with Gasteiger partial charge < -0.3 is 0 Å². The van der Waals surface area contributed by atoms with Gasteiger partial charge in [-0.3, -0.25) is 0 Å². The maximum atomic E-state index is 13.3. The minimum Gasteiger partial charge on any atom is -0.207 e. The molecule has 0 spiro atoms. The highest BCUT2D eigenvalue weighted by Crippen LogP contribution is 2.39.